The van der Waals surface area contributed by atoms with Crippen molar-refractivity contribution in [1.29, 1.82) is 0 Å². The first kappa shape index (κ1) is 14.8. The molecule has 0 saturated carbocycles. The van der Waals surface area contributed by atoms with Crippen molar-refractivity contribution in [2.75, 3.05) is 25.3 Å². The topological polar surface area (TPSA) is 56.5 Å². The first-order valence-electron chi connectivity index (χ1n) is 5.78. The first-order valence-corrected chi connectivity index (χ1v) is 6.96. The normalized spacial score (nSPS) is 10.2. The maximum Gasteiger partial charge on any atom is 0.162 e. The number of methoxy groups -OCH3 is 2. The van der Waals surface area contributed by atoms with E-state index in [0.29, 0.717) is 22.2 Å². The second kappa shape index (κ2) is 6.24. The quantitative estimate of drug-likeness (QED) is 0.794. The molecule has 0 amide bonds. The molecule has 4 nitrogen and oxygen atoms in total. The average molecular weight is 358 g/mol. The predicted molar refractivity (Wildman–Crippen MR) is 86.4 cm³/mol. The molecule has 2 aromatic rings. The second-order valence-electron chi connectivity index (χ2n) is 4.04. The Morgan fingerprint density at radius 3 is 2.30 bits per heavy atom. The number of nitrogens with two attached hydrogens (primary N) is 1. The molecule has 0 bridgehead atoms. The molecule has 106 valence electrons. The van der Waals surface area contributed by atoms with Gasteiger partial charge < -0.3 is 20.5 Å². The lowest BCUT2D eigenvalue weighted by Crippen LogP contribution is -2.00. The Balaban J connectivity index is 2.38. The number of anilines is 3. The Hall–Kier alpha value is -1.59. The average Bonchev–Trinajstić information content (AvgIpc) is 2.43. The van der Waals surface area contributed by atoms with Crippen molar-refractivity contribution in [3.8, 4) is 11.5 Å². The van der Waals surface area contributed by atoms with E-state index in [4.69, 9.17) is 26.8 Å². The van der Waals surface area contributed by atoms with Gasteiger partial charge in [-0.05, 0) is 34.1 Å². The van der Waals surface area contributed by atoms with Gasteiger partial charge in [0.25, 0.3) is 0 Å². The van der Waals surface area contributed by atoms with Gasteiger partial charge in [0, 0.05) is 21.6 Å². The number of benzene rings is 2. The van der Waals surface area contributed by atoms with Crippen LogP contribution in [-0.2, 0) is 0 Å². The van der Waals surface area contributed by atoms with Crippen LogP contribution < -0.4 is 20.5 Å². The number of halogens is 2. The van der Waals surface area contributed by atoms with Crippen molar-refractivity contribution < 1.29 is 9.47 Å². The Bertz CT molecular complexity index is 635. The Morgan fingerprint density at radius 1 is 1.05 bits per heavy atom. The largest absolute Gasteiger partial charge is 0.493 e. The van der Waals surface area contributed by atoms with Crippen LogP contribution in [0.3, 0.4) is 0 Å². The third-order valence-electron chi connectivity index (χ3n) is 2.76. The molecule has 0 radical (unpaired) electrons. The summed E-state index contributed by atoms with van der Waals surface area (Å²) in [7, 11) is 3.15. The Labute approximate surface area is 131 Å². The monoisotopic (exact) mass is 356 g/mol. The fourth-order valence-electron chi connectivity index (χ4n) is 1.74. The lowest BCUT2D eigenvalue weighted by atomic mass is 10.2. The zero-order valence-electron chi connectivity index (χ0n) is 11.0. The molecule has 0 saturated heterocycles. The van der Waals surface area contributed by atoms with Crippen molar-refractivity contribution >= 4 is 44.6 Å². The molecule has 0 aliphatic carbocycles. The Kier molecular flexibility index (Phi) is 4.62. The molecule has 3 N–H and O–H groups in total. The third-order valence-corrected chi connectivity index (χ3v) is 3.65. The van der Waals surface area contributed by atoms with Crippen molar-refractivity contribution in [3.63, 3.8) is 0 Å². The van der Waals surface area contributed by atoms with Gasteiger partial charge in [-0.3, -0.25) is 0 Å². The van der Waals surface area contributed by atoms with Gasteiger partial charge in [0.05, 0.1) is 31.3 Å². The third kappa shape index (κ3) is 3.11. The van der Waals surface area contributed by atoms with Crippen LogP contribution in [0.1, 0.15) is 0 Å². The fraction of sp³-hybridized carbons (Fsp3) is 0.143. The number of ether oxygens (including phenoxy) is 2. The number of hydrogen-bond donors (Lipinski definition) is 2. The highest BCUT2D eigenvalue weighted by Crippen LogP contribution is 2.37. The lowest BCUT2D eigenvalue weighted by molar-refractivity contribution is 0.355. The molecule has 6 heteroatoms. The minimum atomic E-state index is 0.560. The maximum atomic E-state index is 6.01. The van der Waals surface area contributed by atoms with E-state index in [1.807, 2.05) is 6.07 Å². The Morgan fingerprint density at radius 2 is 1.70 bits per heavy atom. The highest BCUT2D eigenvalue weighted by molar-refractivity contribution is 9.10. The minimum absolute atomic E-state index is 0.560. The summed E-state index contributed by atoms with van der Waals surface area (Å²) in [5, 5.41) is 3.88. The summed E-state index contributed by atoms with van der Waals surface area (Å²) in [6, 6.07) is 8.97. The van der Waals surface area contributed by atoms with Crippen molar-refractivity contribution in [2.45, 2.75) is 0 Å². The molecule has 20 heavy (non-hydrogen) atoms. The van der Waals surface area contributed by atoms with Crippen molar-refractivity contribution in [2.24, 2.45) is 0 Å². The van der Waals surface area contributed by atoms with E-state index in [0.717, 1.165) is 15.8 Å². The zero-order chi connectivity index (χ0) is 14.7. The van der Waals surface area contributed by atoms with Gasteiger partial charge in [-0.1, -0.05) is 11.6 Å². The van der Waals surface area contributed by atoms with Crippen LogP contribution in [0.25, 0.3) is 0 Å². The number of hydrogen-bond acceptors (Lipinski definition) is 4. The van der Waals surface area contributed by atoms with Crippen LogP contribution in [-0.4, -0.2) is 14.2 Å². The van der Waals surface area contributed by atoms with Gasteiger partial charge in [0.2, 0.25) is 0 Å². The van der Waals surface area contributed by atoms with E-state index in [-0.39, 0.29) is 0 Å². The lowest BCUT2D eigenvalue weighted by Gasteiger charge is -2.15. The van der Waals surface area contributed by atoms with Gasteiger partial charge in [-0.15, -0.1) is 0 Å². The van der Waals surface area contributed by atoms with Crippen LogP contribution in [0.4, 0.5) is 17.1 Å². The molecule has 0 spiro atoms. The highest BCUT2D eigenvalue weighted by Gasteiger charge is 2.10. The molecule has 2 rings (SSSR count). The summed E-state index contributed by atoms with van der Waals surface area (Å²) in [5.41, 5.74) is 8.15. The summed E-state index contributed by atoms with van der Waals surface area (Å²) in [5.74, 6) is 1.19. The van der Waals surface area contributed by atoms with Crippen LogP contribution in [0.5, 0.6) is 11.5 Å². The molecule has 0 aromatic heterocycles. The van der Waals surface area contributed by atoms with Crippen molar-refractivity contribution in [3.05, 3.63) is 39.8 Å². The SMILES string of the molecule is COc1cc(N)c(Nc2ccc(Cl)cc2Br)cc1OC. The molecule has 0 heterocycles. The minimum Gasteiger partial charge on any atom is -0.493 e. The van der Waals surface area contributed by atoms with E-state index in [9.17, 15) is 0 Å². The molecule has 0 unspecified atom stereocenters. The summed E-state index contributed by atoms with van der Waals surface area (Å²) >= 11 is 9.37. The molecular weight excluding hydrogens is 344 g/mol. The summed E-state index contributed by atoms with van der Waals surface area (Å²) in [4.78, 5) is 0. The number of rotatable bonds is 4. The second-order valence-corrected chi connectivity index (χ2v) is 5.33. The van der Waals surface area contributed by atoms with Crippen molar-refractivity contribution in [1.82, 2.24) is 0 Å². The van der Waals surface area contributed by atoms with E-state index in [2.05, 4.69) is 21.2 Å². The van der Waals surface area contributed by atoms with Gasteiger partial charge in [0.15, 0.2) is 11.5 Å². The van der Waals surface area contributed by atoms with Gasteiger partial charge in [-0.2, -0.15) is 0 Å². The maximum absolute atomic E-state index is 6.01. The van der Waals surface area contributed by atoms with Crippen LogP contribution >= 0.6 is 27.5 Å². The number of nitrogen functional groups attached to an aromatic ring is 1. The summed E-state index contributed by atoms with van der Waals surface area (Å²) < 4.78 is 11.3. The van der Waals surface area contributed by atoms with E-state index in [1.165, 1.54) is 0 Å². The first-order chi connectivity index (χ1) is 9.55. The molecule has 0 aliphatic heterocycles. The fourth-order valence-corrected chi connectivity index (χ4v) is 2.52. The summed E-state index contributed by atoms with van der Waals surface area (Å²) in [6.45, 7) is 0. The molecule has 2 aromatic carbocycles. The highest BCUT2D eigenvalue weighted by atomic mass is 79.9. The zero-order valence-corrected chi connectivity index (χ0v) is 13.4. The van der Waals surface area contributed by atoms with Gasteiger partial charge in [0.1, 0.15) is 0 Å². The van der Waals surface area contributed by atoms with E-state index < -0.39 is 0 Å². The predicted octanol–water partition coefficient (Wildman–Crippen LogP) is 4.45. The van der Waals surface area contributed by atoms with Gasteiger partial charge >= 0.3 is 0 Å². The molecular formula is C14H14BrClN2O2. The molecule has 0 fully saturated rings. The van der Waals surface area contributed by atoms with Gasteiger partial charge in [-0.25, -0.2) is 0 Å². The van der Waals surface area contributed by atoms with E-state index in [1.54, 1.807) is 38.5 Å². The molecule has 0 aliphatic rings. The summed E-state index contributed by atoms with van der Waals surface area (Å²) in [6.07, 6.45) is 0. The van der Waals surface area contributed by atoms with E-state index >= 15 is 0 Å². The van der Waals surface area contributed by atoms with Crippen LogP contribution in [0.2, 0.25) is 5.02 Å². The molecule has 0 atom stereocenters. The standard InChI is InChI=1S/C14H14BrClN2O2/c1-19-13-6-10(17)12(7-14(13)20-2)18-11-4-3-8(16)5-9(11)15/h3-7,18H,17H2,1-2H3. The van der Waals surface area contributed by atoms with Crippen LogP contribution in [0, 0.1) is 0 Å². The smallest absolute Gasteiger partial charge is 0.162 e. The number of nitrogens with one attached hydrogen (secondary N) is 1. The van der Waals surface area contributed by atoms with Crippen LogP contribution in [0.15, 0.2) is 34.8 Å².